The zero-order valence-corrected chi connectivity index (χ0v) is 31.1. The molecule has 306 valence electrons. The zero-order chi connectivity index (χ0) is 39.5. The number of rotatable bonds is 16. The lowest BCUT2D eigenvalue weighted by Crippen LogP contribution is -2.69. The Morgan fingerprint density at radius 1 is 1.13 bits per heavy atom. The van der Waals surface area contributed by atoms with Crippen molar-refractivity contribution in [3.05, 3.63) is 11.8 Å². The number of ether oxygens (including phenoxy) is 5. The number of aliphatic hydroxyl groups excluding tert-OH is 3. The Morgan fingerprint density at radius 3 is 2.49 bits per heavy atom. The number of alkyl carbamates (subject to hydrolysis) is 1. The minimum atomic E-state index is -1.50. The largest absolute Gasteiger partial charge is 0.467 e. The smallest absolute Gasteiger partial charge is 0.414 e. The first kappa shape index (κ1) is 44.5. The van der Waals surface area contributed by atoms with Crippen molar-refractivity contribution in [1.82, 2.24) is 21.3 Å². The fourth-order valence-electron chi connectivity index (χ4n) is 6.11. The van der Waals surface area contributed by atoms with E-state index in [4.69, 9.17) is 51.5 Å². The van der Waals surface area contributed by atoms with Crippen molar-refractivity contribution in [2.24, 2.45) is 28.1 Å². The topological polar surface area (TPSA) is 335 Å². The number of aliphatic hydroxyl groups is 4. The number of likely N-dealkylation sites (N-methyl/N-ethyl adjacent to an activating group) is 1. The second kappa shape index (κ2) is 20.1. The molecule has 0 radical (unpaired) electrons. The molecule has 3 aliphatic rings. The average Bonchev–Trinajstić information content (AvgIpc) is 3.05. The first-order valence-corrected chi connectivity index (χ1v) is 17.8. The summed E-state index contributed by atoms with van der Waals surface area (Å²) in [6.07, 6.45) is -6.95. The number of oxime groups is 1. The van der Waals surface area contributed by atoms with Crippen LogP contribution in [0.25, 0.3) is 0 Å². The van der Waals surface area contributed by atoms with Crippen LogP contribution < -0.4 is 44.2 Å². The number of guanidine groups is 1. The van der Waals surface area contributed by atoms with Gasteiger partial charge in [0.1, 0.15) is 54.1 Å². The summed E-state index contributed by atoms with van der Waals surface area (Å²) in [7, 11) is 1.56. The van der Waals surface area contributed by atoms with Crippen LogP contribution in [0.3, 0.4) is 0 Å². The number of amides is 2. The molecule has 0 aromatic rings. The van der Waals surface area contributed by atoms with Crippen molar-refractivity contribution in [3.63, 3.8) is 0 Å². The lowest BCUT2D eigenvalue weighted by molar-refractivity contribution is -0.304. The zero-order valence-electron chi connectivity index (χ0n) is 31.1. The molecule has 16 N–H and O–H groups in total. The quantitative estimate of drug-likeness (QED) is 0.0307. The molecule has 1 saturated heterocycles. The Hall–Kier alpha value is -2.93. The van der Waals surface area contributed by atoms with E-state index in [1.54, 1.807) is 27.8 Å². The van der Waals surface area contributed by atoms with Gasteiger partial charge in [-0.05, 0) is 84.7 Å². The minimum Gasteiger partial charge on any atom is -0.467 e. The first-order valence-electron chi connectivity index (χ1n) is 17.8. The number of nitrogens with zero attached hydrogens (tertiary/aromatic N) is 1. The molecular formula is C32H61N9O12. The molecule has 12 atom stereocenters. The van der Waals surface area contributed by atoms with Crippen LogP contribution in [0.2, 0.25) is 0 Å². The predicted octanol–water partition coefficient (Wildman–Crippen LogP) is -4.19. The van der Waals surface area contributed by atoms with Crippen LogP contribution in [0.4, 0.5) is 4.79 Å². The van der Waals surface area contributed by atoms with Gasteiger partial charge in [-0.3, -0.25) is 10.1 Å². The summed E-state index contributed by atoms with van der Waals surface area (Å²) < 4.78 is 29.1. The van der Waals surface area contributed by atoms with Crippen molar-refractivity contribution in [3.8, 4) is 0 Å². The fourth-order valence-corrected chi connectivity index (χ4v) is 6.11. The molecule has 1 saturated carbocycles. The lowest BCUT2D eigenvalue weighted by atomic mass is 9.83. The highest BCUT2D eigenvalue weighted by molar-refractivity contribution is 5.92. The van der Waals surface area contributed by atoms with E-state index in [-0.39, 0.29) is 38.6 Å². The number of carbonyl (C=O) groups is 2. The lowest BCUT2D eigenvalue weighted by Gasteiger charge is -2.48. The van der Waals surface area contributed by atoms with E-state index in [1.807, 2.05) is 6.08 Å². The molecule has 1 aliphatic carbocycles. The van der Waals surface area contributed by atoms with Crippen LogP contribution in [0, 0.1) is 0 Å². The third-order valence-corrected chi connectivity index (χ3v) is 8.73. The van der Waals surface area contributed by atoms with Crippen LogP contribution in [0.15, 0.2) is 17.0 Å². The minimum absolute atomic E-state index is 0.00195. The van der Waals surface area contributed by atoms with Crippen LogP contribution in [0.1, 0.15) is 53.4 Å². The van der Waals surface area contributed by atoms with Gasteiger partial charge in [0.25, 0.3) is 0 Å². The highest BCUT2D eigenvalue weighted by atomic mass is 16.7. The number of hydrogen-bond acceptors (Lipinski definition) is 18. The van der Waals surface area contributed by atoms with Gasteiger partial charge in [-0.2, -0.15) is 0 Å². The van der Waals surface area contributed by atoms with Crippen molar-refractivity contribution in [1.29, 1.82) is 0 Å². The Labute approximate surface area is 309 Å². The molecule has 0 aromatic heterocycles. The third-order valence-electron chi connectivity index (χ3n) is 8.73. The van der Waals surface area contributed by atoms with Gasteiger partial charge in [0, 0.05) is 6.04 Å². The molecule has 21 nitrogen and oxygen atoms in total. The van der Waals surface area contributed by atoms with Gasteiger partial charge in [-0.15, -0.1) is 0 Å². The maximum absolute atomic E-state index is 12.8. The van der Waals surface area contributed by atoms with Crippen molar-refractivity contribution >= 4 is 18.0 Å². The van der Waals surface area contributed by atoms with Gasteiger partial charge in [0.15, 0.2) is 6.29 Å². The van der Waals surface area contributed by atoms with Crippen molar-refractivity contribution in [2.45, 2.75) is 132 Å². The monoisotopic (exact) mass is 763 g/mol. The van der Waals surface area contributed by atoms with Gasteiger partial charge in [-0.1, -0.05) is 0 Å². The summed E-state index contributed by atoms with van der Waals surface area (Å²) >= 11 is 0. The highest BCUT2D eigenvalue weighted by Crippen LogP contribution is 2.32. The molecule has 2 aliphatic heterocycles. The summed E-state index contributed by atoms with van der Waals surface area (Å²) in [6, 6.07) is -3.27. The normalized spacial score (nSPS) is 34.3. The Balaban J connectivity index is 1.58. The molecule has 0 unspecified atom stereocenters. The van der Waals surface area contributed by atoms with Gasteiger partial charge in [0.2, 0.25) is 18.2 Å². The van der Waals surface area contributed by atoms with E-state index < -0.39 is 90.5 Å². The van der Waals surface area contributed by atoms with E-state index in [0.29, 0.717) is 31.7 Å². The maximum Gasteiger partial charge on any atom is 0.414 e. The van der Waals surface area contributed by atoms with Gasteiger partial charge >= 0.3 is 6.09 Å². The van der Waals surface area contributed by atoms with Gasteiger partial charge in [-0.25, -0.2) is 4.79 Å². The molecule has 2 fully saturated rings. The average molecular weight is 764 g/mol. The molecule has 2 heterocycles. The van der Waals surface area contributed by atoms with E-state index >= 15 is 0 Å². The van der Waals surface area contributed by atoms with Crippen molar-refractivity contribution in [2.75, 3.05) is 39.9 Å². The van der Waals surface area contributed by atoms with Crippen LogP contribution in [-0.2, 0) is 33.3 Å². The SMILES string of the molecule is CN[C@@H]1[C@@H](O)[C@@H](O[C@@H]2[C@@H](O)[C@H](O[C@H]3OC(CNCCCON=C(N)NC(=O)OC(C)(C)C)=CC[C@H]3N)[C@@H](N)C[C@H]2NC(=O)[C@@H](O)CCN)OC[C@]1(C)O. The van der Waals surface area contributed by atoms with Crippen LogP contribution in [-0.4, -0.2) is 157 Å². The standard InChI is InChI=1S/C32H61N9O12/c1-31(2,3)53-30(46)40-29(36)41-49-12-6-11-38-14-16-7-8-17(34)27(50-16)51-23-18(35)13-19(39-26(45)20(42)9-10-33)24(21(23)43)52-28-22(44)25(37-5)32(4,47)15-48-28/h7,17-25,27-28,37-38,42-44,47H,6,8-15,33-35H2,1-5H3,(H,39,45)(H3,36,40,41,46)/t17-,18+,19-,20+,21+,22-,23-,24+,25-,27-,28-,32+/m1/s1. The Morgan fingerprint density at radius 2 is 1.83 bits per heavy atom. The van der Waals surface area contributed by atoms with Crippen molar-refractivity contribution < 1.29 is 58.5 Å². The Kier molecular flexibility index (Phi) is 16.9. The second-order valence-corrected chi connectivity index (χ2v) is 14.6. The van der Waals surface area contributed by atoms with E-state index in [9.17, 15) is 30.0 Å². The number of carbonyl (C=O) groups excluding carboxylic acids is 2. The van der Waals surface area contributed by atoms with E-state index in [0.717, 1.165) is 0 Å². The summed E-state index contributed by atoms with van der Waals surface area (Å²) in [5, 5.41) is 58.3. The molecular weight excluding hydrogens is 702 g/mol. The molecule has 0 aromatic carbocycles. The number of nitrogens with two attached hydrogens (primary N) is 4. The fraction of sp³-hybridized carbons (Fsp3) is 0.844. The molecule has 0 bridgehead atoms. The summed E-state index contributed by atoms with van der Waals surface area (Å²) in [5.41, 5.74) is 21.8. The van der Waals surface area contributed by atoms with Gasteiger partial charge in [0.05, 0.1) is 31.3 Å². The third kappa shape index (κ3) is 13.4. The highest BCUT2D eigenvalue weighted by Gasteiger charge is 2.52. The second-order valence-electron chi connectivity index (χ2n) is 14.6. The summed E-state index contributed by atoms with van der Waals surface area (Å²) in [5.74, 6) is -0.447. The van der Waals surface area contributed by atoms with Gasteiger partial charge < -0.3 is 87.8 Å². The molecule has 53 heavy (non-hydrogen) atoms. The number of nitrogens with one attached hydrogen (secondary N) is 4. The van der Waals surface area contributed by atoms with E-state index in [1.165, 1.54) is 6.92 Å². The Bertz CT molecular complexity index is 1240. The van der Waals surface area contributed by atoms with Crippen LogP contribution in [0.5, 0.6) is 0 Å². The number of hydrogen-bond donors (Lipinski definition) is 12. The van der Waals surface area contributed by atoms with E-state index in [2.05, 4.69) is 26.4 Å². The van der Waals surface area contributed by atoms with Crippen LogP contribution >= 0.6 is 0 Å². The summed E-state index contributed by atoms with van der Waals surface area (Å²) in [6.45, 7) is 7.53. The molecule has 0 spiro atoms. The molecule has 3 rings (SSSR count). The molecule has 21 heteroatoms. The molecule has 2 amide bonds. The summed E-state index contributed by atoms with van der Waals surface area (Å²) in [4.78, 5) is 29.7. The maximum atomic E-state index is 12.8. The first-order chi connectivity index (χ1) is 24.9. The predicted molar refractivity (Wildman–Crippen MR) is 189 cm³/mol.